The van der Waals surface area contributed by atoms with Crippen molar-refractivity contribution in [1.29, 1.82) is 0 Å². The third-order valence-corrected chi connectivity index (χ3v) is 6.54. The SMILES string of the molecule is Cc1ccc(/C=N/CCS[Si](C)(C)C)cc1. The van der Waals surface area contributed by atoms with Crippen LogP contribution in [0.2, 0.25) is 19.6 Å². The van der Waals surface area contributed by atoms with E-state index < -0.39 is 7.22 Å². The first kappa shape index (κ1) is 13.5. The van der Waals surface area contributed by atoms with Crippen LogP contribution in [0.25, 0.3) is 0 Å². The maximum absolute atomic E-state index is 4.45. The number of rotatable bonds is 5. The van der Waals surface area contributed by atoms with Crippen molar-refractivity contribution in [1.82, 2.24) is 0 Å². The van der Waals surface area contributed by atoms with E-state index in [4.69, 9.17) is 0 Å². The van der Waals surface area contributed by atoms with Gasteiger partial charge >= 0.3 is 0 Å². The Hall–Kier alpha value is -0.543. The zero-order valence-electron chi connectivity index (χ0n) is 10.7. The minimum atomic E-state index is -0.951. The molecule has 0 saturated heterocycles. The molecule has 0 atom stereocenters. The minimum absolute atomic E-state index is 0.933. The molecule has 0 spiro atoms. The summed E-state index contributed by atoms with van der Waals surface area (Å²) in [4.78, 5) is 4.45. The monoisotopic (exact) mass is 251 g/mol. The second-order valence-electron chi connectivity index (χ2n) is 4.91. The Kier molecular flexibility index (Phi) is 5.29. The predicted molar refractivity (Wildman–Crippen MR) is 79.4 cm³/mol. The molecule has 0 unspecified atom stereocenters. The predicted octanol–water partition coefficient (Wildman–Crippen LogP) is 3.98. The molecular weight excluding hydrogens is 230 g/mol. The Labute approximate surface area is 104 Å². The molecule has 0 amide bonds. The van der Waals surface area contributed by atoms with Gasteiger partial charge in [0.05, 0.1) is 0 Å². The van der Waals surface area contributed by atoms with E-state index in [1.54, 1.807) is 0 Å². The number of aryl methyl sites for hydroxylation is 1. The molecule has 88 valence electrons. The van der Waals surface area contributed by atoms with E-state index in [1.807, 2.05) is 6.21 Å². The molecule has 0 fully saturated rings. The number of hydrogen-bond donors (Lipinski definition) is 0. The third kappa shape index (κ3) is 6.13. The summed E-state index contributed by atoms with van der Waals surface area (Å²) in [5.74, 6) is 1.15. The van der Waals surface area contributed by atoms with Crippen molar-refractivity contribution in [2.45, 2.75) is 26.6 Å². The molecule has 0 bridgehead atoms. The van der Waals surface area contributed by atoms with Gasteiger partial charge in [0.1, 0.15) is 7.22 Å². The summed E-state index contributed by atoms with van der Waals surface area (Å²) in [6, 6.07) is 8.48. The van der Waals surface area contributed by atoms with Crippen LogP contribution in [0, 0.1) is 6.92 Å². The minimum Gasteiger partial charge on any atom is -0.292 e. The Morgan fingerprint density at radius 1 is 1.19 bits per heavy atom. The smallest absolute Gasteiger partial charge is 0.108 e. The molecule has 0 aromatic heterocycles. The lowest BCUT2D eigenvalue weighted by Gasteiger charge is -2.13. The van der Waals surface area contributed by atoms with Gasteiger partial charge in [-0.3, -0.25) is 4.99 Å². The molecule has 3 heteroatoms. The maximum Gasteiger partial charge on any atom is 0.108 e. The summed E-state index contributed by atoms with van der Waals surface area (Å²) in [7, 11) is -0.951. The first-order valence-corrected chi connectivity index (χ1v) is 10.9. The highest BCUT2D eigenvalue weighted by molar-refractivity contribution is 8.28. The average molecular weight is 251 g/mol. The normalized spacial score (nSPS) is 12.2. The maximum atomic E-state index is 4.45. The first-order chi connectivity index (χ1) is 7.47. The lowest BCUT2D eigenvalue weighted by molar-refractivity contribution is 1.16. The molecule has 0 N–H and O–H groups in total. The second kappa shape index (κ2) is 6.26. The standard InChI is InChI=1S/C13H21NSSi/c1-12-5-7-13(8-6-12)11-14-9-10-15-16(2,3)4/h5-8,11H,9-10H2,1-4H3/b14-11+. The van der Waals surface area contributed by atoms with E-state index >= 15 is 0 Å². The summed E-state index contributed by atoms with van der Waals surface area (Å²) in [6.45, 7) is 10.2. The summed E-state index contributed by atoms with van der Waals surface area (Å²) < 4.78 is 0. The topological polar surface area (TPSA) is 12.4 Å². The lowest BCUT2D eigenvalue weighted by atomic mass is 10.2. The van der Waals surface area contributed by atoms with Crippen molar-refractivity contribution in [3.8, 4) is 0 Å². The molecule has 1 nitrogen and oxygen atoms in total. The van der Waals surface area contributed by atoms with Crippen molar-refractivity contribution in [3.63, 3.8) is 0 Å². The Bertz CT molecular complexity index is 338. The van der Waals surface area contributed by atoms with Gasteiger partial charge in [-0.25, -0.2) is 0 Å². The molecule has 0 aliphatic heterocycles. The summed E-state index contributed by atoms with van der Waals surface area (Å²) in [5, 5.41) is 0. The second-order valence-corrected chi connectivity index (χ2v) is 14.4. The molecule has 16 heavy (non-hydrogen) atoms. The third-order valence-electron chi connectivity index (χ3n) is 2.07. The fraction of sp³-hybridized carbons (Fsp3) is 0.462. The quantitative estimate of drug-likeness (QED) is 0.438. The van der Waals surface area contributed by atoms with Gasteiger partial charge in [0.25, 0.3) is 0 Å². The highest BCUT2D eigenvalue weighted by atomic mass is 32.4. The fourth-order valence-electron chi connectivity index (χ4n) is 1.23. The zero-order chi connectivity index (χ0) is 12.0. The number of nitrogens with zero attached hydrogens (tertiary/aromatic N) is 1. The first-order valence-electron chi connectivity index (χ1n) is 5.68. The lowest BCUT2D eigenvalue weighted by Crippen LogP contribution is -2.15. The molecular formula is C13H21NSSi. The van der Waals surface area contributed by atoms with Crippen LogP contribution < -0.4 is 0 Å². The van der Waals surface area contributed by atoms with Crippen LogP contribution in [-0.2, 0) is 0 Å². The molecule has 0 aliphatic rings. The van der Waals surface area contributed by atoms with E-state index in [2.05, 4.69) is 67.0 Å². The highest BCUT2D eigenvalue weighted by Gasteiger charge is 2.11. The van der Waals surface area contributed by atoms with Crippen molar-refractivity contribution in [2.24, 2.45) is 4.99 Å². The van der Waals surface area contributed by atoms with Gasteiger partial charge in [-0.05, 0) is 12.5 Å². The van der Waals surface area contributed by atoms with E-state index in [-0.39, 0.29) is 0 Å². The molecule has 1 aromatic rings. The summed E-state index contributed by atoms with van der Waals surface area (Å²) in [6.07, 6.45) is 1.98. The Morgan fingerprint density at radius 3 is 2.38 bits per heavy atom. The van der Waals surface area contributed by atoms with Crippen molar-refractivity contribution in [3.05, 3.63) is 35.4 Å². The van der Waals surface area contributed by atoms with Gasteiger partial charge in [-0.2, -0.15) is 11.2 Å². The van der Waals surface area contributed by atoms with Crippen LogP contribution in [0.4, 0.5) is 0 Å². The van der Waals surface area contributed by atoms with E-state index in [1.165, 1.54) is 11.1 Å². The van der Waals surface area contributed by atoms with Crippen LogP contribution in [-0.4, -0.2) is 25.7 Å². The van der Waals surface area contributed by atoms with Crippen LogP contribution in [0.1, 0.15) is 11.1 Å². The van der Waals surface area contributed by atoms with Gasteiger partial charge < -0.3 is 0 Å². The molecule has 1 rings (SSSR count). The number of hydrogen-bond acceptors (Lipinski definition) is 2. The van der Waals surface area contributed by atoms with Gasteiger partial charge in [-0.15, -0.1) is 0 Å². The van der Waals surface area contributed by atoms with E-state index in [9.17, 15) is 0 Å². The zero-order valence-corrected chi connectivity index (χ0v) is 12.5. The number of benzene rings is 1. The summed E-state index contributed by atoms with van der Waals surface area (Å²) in [5.41, 5.74) is 2.50. The van der Waals surface area contributed by atoms with Crippen LogP contribution >= 0.6 is 11.2 Å². The van der Waals surface area contributed by atoms with E-state index in [0.29, 0.717) is 0 Å². The highest BCUT2D eigenvalue weighted by Crippen LogP contribution is 2.18. The van der Waals surface area contributed by atoms with Crippen molar-refractivity contribution >= 4 is 24.6 Å². The Morgan fingerprint density at radius 2 is 1.81 bits per heavy atom. The van der Waals surface area contributed by atoms with Crippen molar-refractivity contribution in [2.75, 3.05) is 12.3 Å². The van der Waals surface area contributed by atoms with Gasteiger partial charge in [0.15, 0.2) is 0 Å². The fourth-order valence-corrected chi connectivity index (χ4v) is 4.15. The van der Waals surface area contributed by atoms with Crippen molar-refractivity contribution < 1.29 is 0 Å². The molecule has 0 aliphatic carbocycles. The van der Waals surface area contributed by atoms with Crippen LogP contribution in [0.15, 0.2) is 29.3 Å². The Balaban J connectivity index is 2.30. The van der Waals surface area contributed by atoms with Gasteiger partial charge in [-0.1, -0.05) is 49.5 Å². The summed E-state index contributed by atoms with van der Waals surface area (Å²) >= 11 is 2.10. The molecule has 1 aromatic carbocycles. The van der Waals surface area contributed by atoms with Crippen LogP contribution in [0.5, 0.6) is 0 Å². The molecule has 0 saturated carbocycles. The molecule has 0 heterocycles. The van der Waals surface area contributed by atoms with Gasteiger partial charge in [0, 0.05) is 18.5 Å². The van der Waals surface area contributed by atoms with Gasteiger partial charge in [0.2, 0.25) is 0 Å². The van der Waals surface area contributed by atoms with E-state index in [0.717, 1.165) is 12.3 Å². The number of aliphatic imine (C=N–C) groups is 1. The average Bonchev–Trinajstić information content (AvgIpc) is 2.19. The van der Waals surface area contributed by atoms with Crippen LogP contribution in [0.3, 0.4) is 0 Å². The largest absolute Gasteiger partial charge is 0.292 e. The molecule has 0 radical (unpaired) electrons.